The molecule has 0 fully saturated rings. The predicted molar refractivity (Wildman–Crippen MR) is 66.4 cm³/mol. The van der Waals surface area contributed by atoms with Crippen LogP contribution in [0.1, 0.15) is 12.1 Å². The number of fused-ring (bicyclic) bond motifs is 3. The van der Waals surface area contributed by atoms with Crippen molar-refractivity contribution in [3.8, 4) is 0 Å². The molecule has 1 unspecified atom stereocenters. The van der Waals surface area contributed by atoms with Crippen LogP contribution in [0.4, 0.5) is 0 Å². The van der Waals surface area contributed by atoms with Gasteiger partial charge in [-0.1, -0.05) is 17.7 Å². The molecule has 88 valence electrons. The van der Waals surface area contributed by atoms with Crippen molar-refractivity contribution in [1.82, 2.24) is 4.57 Å². The van der Waals surface area contributed by atoms with Crippen LogP contribution < -0.4 is 0 Å². The van der Waals surface area contributed by atoms with E-state index in [1.165, 1.54) is 5.69 Å². The standard InChI is InChI=1S/C13H12ClNO2/c14-10-3-1-8-5-11-4-2-9(13(16)17)7-15(11)12(8)6-10/h1,3,5-6,9H,2,4,7H2,(H,16,17). The fraction of sp³-hybridized carbons (Fsp3) is 0.308. The maximum Gasteiger partial charge on any atom is 0.308 e. The van der Waals surface area contributed by atoms with Crippen molar-refractivity contribution >= 4 is 28.5 Å². The molecule has 3 rings (SSSR count). The molecular formula is C13H12ClNO2. The Morgan fingerprint density at radius 1 is 1.41 bits per heavy atom. The molecule has 1 N–H and O–H groups in total. The van der Waals surface area contributed by atoms with Crippen LogP contribution in [0.25, 0.3) is 10.9 Å². The van der Waals surface area contributed by atoms with Gasteiger partial charge in [-0.3, -0.25) is 4.79 Å². The third-order valence-electron chi connectivity index (χ3n) is 3.45. The molecule has 1 aromatic carbocycles. The lowest BCUT2D eigenvalue weighted by atomic mass is 9.98. The normalized spacial score (nSPS) is 19.2. The van der Waals surface area contributed by atoms with Gasteiger partial charge in [0.15, 0.2) is 0 Å². The van der Waals surface area contributed by atoms with E-state index in [0.29, 0.717) is 11.6 Å². The van der Waals surface area contributed by atoms with Gasteiger partial charge in [0.25, 0.3) is 0 Å². The molecular weight excluding hydrogens is 238 g/mol. The highest BCUT2D eigenvalue weighted by atomic mass is 35.5. The Labute approximate surface area is 104 Å². The first-order valence-corrected chi connectivity index (χ1v) is 6.03. The highest BCUT2D eigenvalue weighted by Crippen LogP contribution is 2.29. The second kappa shape index (κ2) is 3.77. The van der Waals surface area contributed by atoms with Gasteiger partial charge in [0.1, 0.15) is 0 Å². The molecule has 0 bridgehead atoms. The maximum atomic E-state index is 11.0. The Bertz CT molecular complexity index is 603. The van der Waals surface area contributed by atoms with Crippen LogP contribution in [0.3, 0.4) is 0 Å². The number of benzene rings is 1. The summed E-state index contributed by atoms with van der Waals surface area (Å²) >= 11 is 5.99. The van der Waals surface area contributed by atoms with Crippen molar-refractivity contribution < 1.29 is 9.90 Å². The van der Waals surface area contributed by atoms with Gasteiger partial charge in [-0.15, -0.1) is 0 Å². The summed E-state index contributed by atoms with van der Waals surface area (Å²) in [6, 6.07) is 7.89. The summed E-state index contributed by atoms with van der Waals surface area (Å²) in [6.45, 7) is 0.550. The van der Waals surface area contributed by atoms with Crippen LogP contribution in [0.5, 0.6) is 0 Å². The average Bonchev–Trinajstić information content (AvgIpc) is 2.66. The Morgan fingerprint density at radius 2 is 2.24 bits per heavy atom. The summed E-state index contributed by atoms with van der Waals surface area (Å²) in [5, 5.41) is 10.9. The highest BCUT2D eigenvalue weighted by molar-refractivity contribution is 6.31. The summed E-state index contributed by atoms with van der Waals surface area (Å²) in [4.78, 5) is 11.0. The summed E-state index contributed by atoms with van der Waals surface area (Å²) in [6.07, 6.45) is 1.54. The first-order chi connectivity index (χ1) is 8.15. The van der Waals surface area contributed by atoms with Crippen LogP contribution in [-0.4, -0.2) is 15.6 Å². The lowest BCUT2D eigenvalue weighted by molar-refractivity contribution is -0.142. The smallest absolute Gasteiger partial charge is 0.308 e. The molecule has 2 aromatic rings. The van der Waals surface area contributed by atoms with Crippen LogP contribution in [0.2, 0.25) is 5.02 Å². The van der Waals surface area contributed by atoms with Crippen molar-refractivity contribution in [3.05, 3.63) is 35.0 Å². The summed E-state index contributed by atoms with van der Waals surface area (Å²) in [5.41, 5.74) is 2.25. The molecule has 17 heavy (non-hydrogen) atoms. The molecule has 1 atom stereocenters. The minimum Gasteiger partial charge on any atom is -0.481 e. The molecule has 0 aliphatic carbocycles. The van der Waals surface area contributed by atoms with E-state index in [0.717, 1.165) is 23.7 Å². The lowest BCUT2D eigenvalue weighted by Gasteiger charge is -2.22. The van der Waals surface area contributed by atoms with Gasteiger partial charge >= 0.3 is 5.97 Å². The van der Waals surface area contributed by atoms with E-state index in [-0.39, 0.29) is 5.92 Å². The van der Waals surface area contributed by atoms with Crippen molar-refractivity contribution in [3.63, 3.8) is 0 Å². The first-order valence-electron chi connectivity index (χ1n) is 5.65. The largest absolute Gasteiger partial charge is 0.481 e. The number of aromatic nitrogens is 1. The fourth-order valence-electron chi connectivity index (χ4n) is 2.54. The topological polar surface area (TPSA) is 42.2 Å². The van der Waals surface area contributed by atoms with Gasteiger partial charge in [-0.2, -0.15) is 0 Å². The molecule has 0 spiro atoms. The van der Waals surface area contributed by atoms with E-state index >= 15 is 0 Å². The van der Waals surface area contributed by atoms with E-state index in [4.69, 9.17) is 16.7 Å². The number of hydrogen-bond acceptors (Lipinski definition) is 1. The van der Waals surface area contributed by atoms with Crippen LogP contribution in [0, 0.1) is 5.92 Å². The van der Waals surface area contributed by atoms with E-state index < -0.39 is 5.97 Å². The number of aliphatic carboxylic acids is 1. The molecule has 0 radical (unpaired) electrons. The van der Waals surface area contributed by atoms with E-state index in [1.54, 1.807) is 0 Å². The highest BCUT2D eigenvalue weighted by Gasteiger charge is 2.25. The third-order valence-corrected chi connectivity index (χ3v) is 3.69. The number of halogens is 1. The minimum absolute atomic E-state index is 0.280. The molecule has 1 aliphatic rings. The van der Waals surface area contributed by atoms with E-state index in [9.17, 15) is 4.79 Å². The number of carbonyl (C=O) groups is 1. The fourth-order valence-corrected chi connectivity index (χ4v) is 2.71. The molecule has 3 nitrogen and oxygen atoms in total. The first kappa shape index (κ1) is 10.7. The zero-order valence-corrected chi connectivity index (χ0v) is 9.94. The zero-order chi connectivity index (χ0) is 12.0. The molecule has 2 heterocycles. The number of aryl methyl sites for hydroxylation is 1. The van der Waals surface area contributed by atoms with Crippen molar-refractivity contribution in [2.75, 3.05) is 0 Å². The van der Waals surface area contributed by atoms with Gasteiger partial charge in [0.2, 0.25) is 0 Å². The number of nitrogens with zero attached hydrogens (tertiary/aromatic N) is 1. The number of carboxylic acids is 1. The SMILES string of the molecule is O=C(O)C1CCc2cc3ccc(Cl)cc3n2C1. The van der Waals surface area contributed by atoms with E-state index in [1.807, 2.05) is 18.2 Å². The van der Waals surface area contributed by atoms with Gasteiger partial charge in [0.05, 0.1) is 5.92 Å². The molecule has 0 amide bonds. The molecule has 0 saturated carbocycles. The minimum atomic E-state index is -0.709. The molecule has 1 aliphatic heterocycles. The second-order valence-electron chi connectivity index (χ2n) is 4.52. The van der Waals surface area contributed by atoms with Gasteiger partial charge in [-0.25, -0.2) is 0 Å². The Morgan fingerprint density at radius 3 is 3.00 bits per heavy atom. The van der Waals surface area contributed by atoms with Gasteiger partial charge in [-0.05, 0) is 36.4 Å². The Hall–Kier alpha value is -1.48. The predicted octanol–water partition coefficient (Wildman–Crippen LogP) is 2.94. The monoisotopic (exact) mass is 249 g/mol. The third kappa shape index (κ3) is 1.71. The summed E-state index contributed by atoms with van der Waals surface area (Å²) in [5.74, 6) is -0.989. The van der Waals surface area contributed by atoms with Gasteiger partial charge < -0.3 is 9.67 Å². The zero-order valence-electron chi connectivity index (χ0n) is 9.19. The van der Waals surface area contributed by atoms with Crippen LogP contribution in [0.15, 0.2) is 24.3 Å². The lowest BCUT2D eigenvalue weighted by Crippen LogP contribution is -2.26. The second-order valence-corrected chi connectivity index (χ2v) is 4.96. The van der Waals surface area contributed by atoms with Crippen LogP contribution in [-0.2, 0) is 17.8 Å². The molecule has 1 aromatic heterocycles. The number of rotatable bonds is 1. The van der Waals surface area contributed by atoms with Crippen molar-refractivity contribution in [2.24, 2.45) is 5.92 Å². The van der Waals surface area contributed by atoms with Gasteiger partial charge in [0, 0.05) is 22.8 Å². The molecule has 0 saturated heterocycles. The van der Waals surface area contributed by atoms with Crippen molar-refractivity contribution in [2.45, 2.75) is 19.4 Å². The Balaban J connectivity index is 2.13. The Kier molecular flexibility index (Phi) is 2.37. The molecule has 4 heteroatoms. The maximum absolute atomic E-state index is 11.0. The number of hydrogen-bond donors (Lipinski definition) is 1. The quantitative estimate of drug-likeness (QED) is 0.844. The summed E-state index contributed by atoms with van der Waals surface area (Å²) < 4.78 is 2.09. The van der Waals surface area contributed by atoms with E-state index in [2.05, 4.69) is 10.6 Å². The van der Waals surface area contributed by atoms with Crippen molar-refractivity contribution in [1.29, 1.82) is 0 Å². The summed E-state index contributed by atoms with van der Waals surface area (Å²) in [7, 11) is 0. The number of carboxylic acid groups (broad SMARTS) is 1. The average molecular weight is 250 g/mol. The van der Waals surface area contributed by atoms with Crippen LogP contribution >= 0.6 is 11.6 Å².